The summed E-state index contributed by atoms with van der Waals surface area (Å²) in [5, 5.41) is 3.01. The highest BCUT2D eigenvalue weighted by molar-refractivity contribution is 9.10. The Morgan fingerprint density at radius 2 is 2.12 bits per heavy atom. The molecule has 2 aromatic carbocycles. The smallest absolute Gasteiger partial charge is 0.233 e. The minimum absolute atomic E-state index is 0.0477. The van der Waals surface area contributed by atoms with Crippen LogP contribution in [0.1, 0.15) is 23.5 Å². The molecule has 0 saturated carbocycles. The van der Waals surface area contributed by atoms with Gasteiger partial charge in [-0.1, -0.05) is 34.1 Å². The molecule has 0 radical (unpaired) electrons. The highest BCUT2D eigenvalue weighted by Gasteiger charge is 2.34. The Morgan fingerprint density at radius 1 is 1.27 bits per heavy atom. The number of methoxy groups -OCH3 is 1. The number of nitrogens with zero attached hydrogens (tertiary/aromatic N) is 1. The van der Waals surface area contributed by atoms with Gasteiger partial charge in [0, 0.05) is 23.2 Å². The maximum Gasteiger partial charge on any atom is 0.233 e. The lowest BCUT2D eigenvalue weighted by molar-refractivity contribution is -0.117. The van der Waals surface area contributed by atoms with E-state index in [1.807, 2.05) is 24.3 Å². The van der Waals surface area contributed by atoms with Gasteiger partial charge in [0.05, 0.1) is 13.0 Å². The number of carbonyl (C=O) groups excluding carboxylic acids is 1. The van der Waals surface area contributed by atoms with Crippen LogP contribution in [0.3, 0.4) is 0 Å². The highest BCUT2D eigenvalue weighted by atomic mass is 79.9. The number of amides is 1. The van der Waals surface area contributed by atoms with Gasteiger partial charge in [-0.25, -0.2) is 0 Å². The van der Waals surface area contributed by atoms with Crippen molar-refractivity contribution in [2.24, 2.45) is 5.92 Å². The molecule has 0 aromatic heterocycles. The van der Waals surface area contributed by atoms with E-state index in [0.717, 1.165) is 47.5 Å². The lowest BCUT2D eigenvalue weighted by Crippen LogP contribution is -2.30. The molecule has 5 heteroatoms. The number of fused-ring (bicyclic) bond motifs is 1. The molecule has 1 amide bonds. The number of hydrogen-bond donors (Lipinski definition) is 1. The highest BCUT2D eigenvalue weighted by Crippen LogP contribution is 2.34. The number of benzene rings is 2. The summed E-state index contributed by atoms with van der Waals surface area (Å²) in [6.45, 7) is 2.90. The summed E-state index contributed by atoms with van der Waals surface area (Å²) in [6.07, 6.45) is 2.20. The molecule has 0 bridgehead atoms. The fourth-order valence-electron chi connectivity index (χ4n) is 4.11. The molecular formula is C21H23BrN2O2. The first-order valence-electron chi connectivity index (χ1n) is 9.08. The van der Waals surface area contributed by atoms with Crippen LogP contribution in [0.25, 0.3) is 0 Å². The van der Waals surface area contributed by atoms with Crippen molar-refractivity contribution in [3.8, 4) is 5.75 Å². The van der Waals surface area contributed by atoms with Crippen molar-refractivity contribution in [2.75, 3.05) is 32.1 Å². The van der Waals surface area contributed by atoms with E-state index in [2.05, 4.69) is 44.3 Å². The van der Waals surface area contributed by atoms with E-state index >= 15 is 0 Å². The second-order valence-electron chi connectivity index (χ2n) is 7.20. The van der Waals surface area contributed by atoms with Crippen LogP contribution in [-0.2, 0) is 11.2 Å². The van der Waals surface area contributed by atoms with Gasteiger partial charge in [-0.15, -0.1) is 0 Å². The summed E-state index contributed by atoms with van der Waals surface area (Å²) in [5.74, 6) is 1.59. The summed E-state index contributed by atoms with van der Waals surface area (Å²) in [6, 6.07) is 14.2. The van der Waals surface area contributed by atoms with Crippen LogP contribution < -0.4 is 10.1 Å². The van der Waals surface area contributed by atoms with E-state index in [9.17, 15) is 4.79 Å². The molecule has 0 spiro atoms. The first-order chi connectivity index (χ1) is 12.6. The Balaban J connectivity index is 1.40. The molecule has 136 valence electrons. The predicted molar refractivity (Wildman–Crippen MR) is 107 cm³/mol. The van der Waals surface area contributed by atoms with Crippen LogP contribution in [0.5, 0.6) is 5.75 Å². The van der Waals surface area contributed by atoms with Gasteiger partial charge >= 0.3 is 0 Å². The third-order valence-corrected chi connectivity index (χ3v) is 6.26. The Morgan fingerprint density at radius 3 is 2.96 bits per heavy atom. The number of rotatable bonds is 5. The topological polar surface area (TPSA) is 41.6 Å². The van der Waals surface area contributed by atoms with E-state index < -0.39 is 0 Å². The van der Waals surface area contributed by atoms with E-state index in [0.29, 0.717) is 5.92 Å². The molecule has 0 aliphatic carbocycles. The Bertz CT molecular complexity index is 823. The normalized spacial score (nSPS) is 22.3. The Kier molecular flexibility index (Phi) is 5.00. The summed E-state index contributed by atoms with van der Waals surface area (Å²) in [7, 11) is 1.70. The van der Waals surface area contributed by atoms with Crippen LogP contribution in [0.15, 0.2) is 46.9 Å². The Labute approximate surface area is 162 Å². The monoisotopic (exact) mass is 414 g/mol. The maximum absolute atomic E-state index is 12.3. The number of nitrogens with one attached hydrogen (secondary N) is 1. The number of para-hydroxylation sites is 1. The average molecular weight is 415 g/mol. The molecule has 2 unspecified atom stereocenters. The second kappa shape index (κ2) is 7.41. The maximum atomic E-state index is 12.3. The molecule has 2 heterocycles. The number of likely N-dealkylation sites (tertiary alicyclic amines) is 1. The molecule has 2 aromatic rings. The van der Waals surface area contributed by atoms with Crippen LogP contribution >= 0.6 is 15.9 Å². The third-order valence-electron chi connectivity index (χ3n) is 5.48. The van der Waals surface area contributed by atoms with E-state index in [-0.39, 0.29) is 11.8 Å². The molecular weight excluding hydrogens is 392 g/mol. The molecule has 1 fully saturated rings. The molecule has 4 rings (SSSR count). The molecule has 4 nitrogen and oxygen atoms in total. The van der Waals surface area contributed by atoms with Crippen molar-refractivity contribution < 1.29 is 9.53 Å². The number of ether oxygens (including phenoxy) is 1. The molecule has 26 heavy (non-hydrogen) atoms. The van der Waals surface area contributed by atoms with Crippen molar-refractivity contribution in [2.45, 2.75) is 18.8 Å². The van der Waals surface area contributed by atoms with Gasteiger partial charge in [0.2, 0.25) is 5.91 Å². The largest absolute Gasteiger partial charge is 0.497 e. The fourth-order valence-corrected chi connectivity index (χ4v) is 4.51. The number of anilines is 1. The van der Waals surface area contributed by atoms with Crippen LogP contribution in [0.4, 0.5) is 5.69 Å². The van der Waals surface area contributed by atoms with Crippen molar-refractivity contribution >= 4 is 27.5 Å². The summed E-state index contributed by atoms with van der Waals surface area (Å²) in [4.78, 5) is 14.8. The number of carbonyl (C=O) groups is 1. The lowest BCUT2D eigenvalue weighted by Gasteiger charge is -2.20. The van der Waals surface area contributed by atoms with Crippen molar-refractivity contribution in [3.05, 3.63) is 58.1 Å². The molecule has 1 N–H and O–H groups in total. The minimum Gasteiger partial charge on any atom is -0.497 e. The van der Waals surface area contributed by atoms with Crippen LogP contribution in [-0.4, -0.2) is 37.6 Å². The average Bonchev–Trinajstić information content (AvgIpc) is 3.22. The lowest BCUT2D eigenvalue weighted by atomic mass is 9.98. The predicted octanol–water partition coefficient (Wildman–Crippen LogP) is 4.06. The van der Waals surface area contributed by atoms with Gasteiger partial charge in [0.25, 0.3) is 0 Å². The van der Waals surface area contributed by atoms with Crippen molar-refractivity contribution in [1.82, 2.24) is 4.90 Å². The molecule has 1 saturated heterocycles. The summed E-state index contributed by atoms with van der Waals surface area (Å²) >= 11 is 3.66. The van der Waals surface area contributed by atoms with Crippen molar-refractivity contribution in [3.63, 3.8) is 0 Å². The zero-order chi connectivity index (χ0) is 18.1. The quantitative estimate of drug-likeness (QED) is 0.801. The minimum atomic E-state index is -0.0477. The SMILES string of the molecule is COc1ccc(Br)c(CC2CCN(CC3C(=O)Nc4ccccc43)C2)c1. The number of halogens is 1. The molecule has 2 aliphatic rings. The fraction of sp³-hybridized carbons (Fsp3) is 0.381. The first-order valence-corrected chi connectivity index (χ1v) is 9.88. The third kappa shape index (κ3) is 3.51. The Hall–Kier alpha value is -1.85. The van der Waals surface area contributed by atoms with Gasteiger partial charge < -0.3 is 15.0 Å². The zero-order valence-corrected chi connectivity index (χ0v) is 16.5. The van der Waals surface area contributed by atoms with E-state index in [1.54, 1.807) is 7.11 Å². The van der Waals surface area contributed by atoms with Gasteiger partial charge in [0.1, 0.15) is 5.75 Å². The first kappa shape index (κ1) is 17.6. The summed E-state index contributed by atoms with van der Waals surface area (Å²) in [5.41, 5.74) is 3.40. The molecule has 2 atom stereocenters. The zero-order valence-electron chi connectivity index (χ0n) is 14.9. The van der Waals surface area contributed by atoms with Crippen LogP contribution in [0, 0.1) is 5.92 Å². The van der Waals surface area contributed by atoms with Gasteiger partial charge in [-0.05, 0) is 60.7 Å². The van der Waals surface area contributed by atoms with E-state index in [4.69, 9.17) is 4.74 Å². The standard InChI is InChI=1S/C21H23BrN2O2/c1-26-16-6-7-19(22)15(11-16)10-14-8-9-24(12-14)13-18-17-4-2-3-5-20(17)23-21(18)25/h2-7,11,14,18H,8-10,12-13H2,1H3,(H,23,25). The van der Waals surface area contributed by atoms with Crippen molar-refractivity contribution in [1.29, 1.82) is 0 Å². The van der Waals surface area contributed by atoms with Crippen LogP contribution in [0.2, 0.25) is 0 Å². The number of hydrogen-bond acceptors (Lipinski definition) is 3. The molecule has 2 aliphatic heterocycles. The van der Waals surface area contributed by atoms with Gasteiger partial charge in [-0.3, -0.25) is 4.79 Å². The van der Waals surface area contributed by atoms with Gasteiger partial charge in [-0.2, -0.15) is 0 Å². The summed E-state index contributed by atoms with van der Waals surface area (Å²) < 4.78 is 6.49. The van der Waals surface area contributed by atoms with E-state index in [1.165, 1.54) is 12.0 Å². The van der Waals surface area contributed by atoms with Gasteiger partial charge in [0.15, 0.2) is 0 Å². The second-order valence-corrected chi connectivity index (χ2v) is 8.06.